The summed E-state index contributed by atoms with van der Waals surface area (Å²) in [6, 6.07) is 2.38. The molecule has 3 nitrogen and oxygen atoms in total. The Morgan fingerprint density at radius 3 is 2.50 bits per heavy atom. The molecule has 0 saturated carbocycles. The standard InChI is InChI=1S/C10H8F3NO2/c11-10(12,13)7-2-3-8(15)6(5-7)1-4-9(14)16/h1-5,15H,(H2,14,16). The number of hydrogen-bond acceptors (Lipinski definition) is 2. The van der Waals surface area contributed by atoms with Crippen LogP contribution in [0.1, 0.15) is 11.1 Å². The Balaban J connectivity index is 3.14. The van der Waals surface area contributed by atoms with Gasteiger partial charge in [0.2, 0.25) is 5.91 Å². The molecule has 6 heteroatoms. The van der Waals surface area contributed by atoms with E-state index in [-0.39, 0.29) is 11.3 Å². The van der Waals surface area contributed by atoms with E-state index in [0.29, 0.717) is 0 Å². The molecule has 0 atom stereocenters. The zero-order chi connectivity index (χ0) is 12.3. The number of phenolic OH excluding ortho intramolecular Hbond substituents is 1. The maximum Gasteiger partial charge on any atom is 0.416 e. The van der Waals surface area contributed by atoms with E-state index in [4.69, 9.17) is 5.73 Å². The van der Waals surface area contributed by atoms with Gasteiger partial charge in [0.15, 0.2) is 0 Å². The van der Waals surface area contributed by atoms with Crippen molar-refractivity contribution < 1.29 is 23.1 Å². The van der Waals surface area contributed by atoms with Crippen molar-refractivity contribution in [2.45, 2.75) is 6.18 Å². The highest BCUT2D eigenvalue weighted by atomic mass is 19.4. The number of alkyl halides is 3. The highest BCUT2D eigenvalue weighted by Crippen LogP contribution is 2.32. The largest absolute Gasteiger partial charge is 0.507 e. The predicted molar refractivity (Wildman–Crippen MR) is 51.3 cm³/mol. The van der Waals surface area contributed by atoms with Gasteiger partial charge in [-0.2, -0.15) is 13.2 Å². The zero-order valence-electron chi connectivity index (χ0n) is 7.95. The second-order valence-corrected chi connectivity index (χ2v) is 3.01. The van der Waals surface area contributed by atoms with E-state index in [1.165, 1.54) is 0 Å². The molecule has 1 aromatic rings. The van der Waals surface area contributed by atoms with Gasteiger partial charge < -0.3 is 10.8 Å². The number of amides is 1. The molecule has 3 N–H and O–H groups in total. The molecule has 0 aliphatic rings. The van der Waals surface area contributed by atoms with E-state index >= 15 is 0 Å². The molecular formula is C10H8F3NO2. The SMILES string of the molecule is NC(=O)C=Cc1cc(C(F)(F)F)ccc1O. The molecule has 0 fully saturated rings. The summed E-state index contributed by atoms with van der Waals surface area (Å²) in [7, 11) is 0. The highest BCUT2D eigenvalue weighted by molar-refractivity contribution is 5.90. The van der Waals surface area contributed by atoms with E-state index in [0.717, 1.165) is 30.4 Å². The lowest BCUT2D eigenvalue weighted by molar-refractivity contribution is -0.137. The number of hydrogen-bond donors (Lipinski definition) is 2. The van der Waals surface area contributed by atoms with Crippen LogP contribution in [0.2, 0.25) is 0 Å². The van der Waals surface area contributed by atoms with E-state index < -0.39 is 17.6 Å². The molecule has 0 aliphatic carbocycles. The van der Waals surface area contributed by atoms with Crippen molar-refractivity contribution in [1.82, 2.24) is 0 Å². The fourth-order valence-corrected chi connectivity index (χ4v) is 1.04. The Morgan fingerprint density at radius 1 is 1.38 bits per heavy atom. The number of benzene rings is 1. The minimum atomic E-state index is -4.50. The van der Waals surface area contributed by atoms with Crippen LogP contribution in [0, 0.1) is 0 Å². The van der Waals surface area contributed by atoms with E-state index in [2.05, 4.69) is 0 Å². The molecule has 0 bridgehead atoms. The van der Waals surface area contributed by atoms with Gasteiger partial charge in [-0.25, -0.2) is 0 Å². The van der Waals surface area contributed by atoms with Gasteiger partial charge in [-0.15, -0.1) is 0 Å². The topological polar surface area (TPSA) is 63.3 Å². The van der Waals surface area contributed by atoms with Crippen molar-refractivity contribution in [2.24, 2.45) is 5.73 Å². The maximum atomic E-state index is 12.3. The minimum absolute atomic E-state index is 0.117. The van der Waals surface area contributed by atoms with Gasteiger partial charge >= 0.3 is 6.18 Å². The number of rotatable bonds is 2. The first-order valence-corrected chi connectivity index (χ1v) is 4.18. The number of nitrogens with two attached hydrogens (primary N) is 1. The number of primary amides is 1. The van der Waals surface area contributed by atoms with Crippen molar-refractivity contribution in [3.05, 3.63) is 35.4 Å². The lowest BCUT2D eigenvalue weighted by atomic mass is 10.1. The third-order valence-electron chi connectivity index (χ3n) is 1.78. The van der Waals surface area contributed by atoms with Crippen LogP contribution < -0.4 is 5.73 Å². The molecule has 0 spiro atoms. The summed E-state index contributed by atoms with van der Waals surface area (Å²) in [5.74, 6) is -1.16. The maximum absolute atomic E-state index is 12.3. The molecule has 0 saturated heterocycles. The van der Waals surface area contributed by atoms with Crippen LogP contribution >= 0.6 is 0 Å². The molecule has 0 aromatic heterocycles. The molecule has 1 aromatic carbocycles. The number of carbonyl (C=O) groups excluding carboxylic acids is 1. The monoisotopic (exact) mass is 231 g/mol. The zero-order valence-corrected chi connectivity index (χ0v) is 7.95. The second kappa shape index (κ2) is 4.26. The van der Waals surface area contributed by atoms with Gasteiger partial charge in [0.05, 0.1) is 5.56 Å². The average molecular weight is 231 g/mol. The molecule has 1 rings (SSSR count). The van der Waals surface area contributed by atoms with Gasteiger partial charge in [-0.3, -0.25) is 4.79 Å². The predicted octanol–water partition coefficient (Wildman–Crippen LogP) is 1.91. The fourth-order valence-electron chi connectivity index (χ4n) is 1.04. The van der Waals surface area contributed by atoms with Gasteiger partial charge in [0, 0.05) is 11.6 Å². The van der Waals surface area contributed by atoms with E-state index in [1.54, 1.807) is 0 Å². The number of aromatic hydroxyl groups is 1. The van der Waals surface area contributed by atoms with Crippen LogP contribution in [-0.2, 0) is 11.0 Å². The first kappa shape index (κ1) is 12.1. The third-order valence-corrected chi connectivity index (χ3v) is 1.78. The average Bonchev–Trinajstić information content (AvgIpc) is 2.14. The summed E-state index contributed by atoms with van der Waals surface area (Å²) in [6.07, 6.45) is -2.61. The van der Waals surface area contributed by atoms with Gasteiger partial charge in [-0.05, 0) is 24.3 Å². The van der Waals surface area contributed by atoms with Crippen LogP contribution in [0.3, 0.4) is 0 Å². The Bertz CT molecular complexity index is 438. The van der Waals surface area contributed by atoms with Crippen molar-refractivity contribution in [3.63, 3.8) is 0 Å². The number of phenols is 1. The lowest BCUT2D eigenvalue weighted by Gasteiger charge is -2.08. The summed E-state index contributed by atoms with van der Waals surface area (Å²) in [4.78, 5) is 10.4. The highest BCUT2D eigenvalue weighted by Gasteiger charge is 2.30. The van der Waals surface area contributed by atoms with E-state index in [1.807, 2.05) is 0 Å². The first-order chi connectivity index (χ1) is 7.30. The lowest BCUT2D eigenvalue weighted by Crippen LogP contribution is -2.06. The second-order valence-electron chi connectivity index (χ2n) is 3.01. The summed E-state index contributed by atoms with van der Waals surface area (Å²) in [6.45, 7) is 0. The quantitative estimate of drug-likeness (QED) is 0.763. The number of halogens is 3. The van der Waals surface area contributed by atoms with Crippen molar-refractivity contribution in [3.8, 4) is 5.75 Å². The molecule has 0 heterocycles. The molecule has 16 heavy (non-hydrogen) atoms. The van der Waals surface area contributed by atoms with Crippen LogP contribution in [0.15, 0.2) is 24.3 Å². The summed E-state index contributed by atoms with van der Waals surface area (Å²) >= 11 is 0. The Morgan fingerprint density at radius 2 is 2.00 bits per heavy atom. The van der Waals surface area contributed by atoms with Gasteiger partial charge in [0.1, 0.15) is 5.75 Å². The summed E-state index contributed by atoms with van der Waals surface area (Å²) in [5, 5.41) is 9.24. The molecular weight excluding hydrogens is 223 g/mol. The Labute approximate surface area is 89.0 Å². The summed E-state index contributed by atoms with van der Waals surface area (Å²) in [5.41, 5.74) is 3.76. The molecule has 86 valence electrons. The molecule has 0 unspecified atom stereocenters. The number of carbonyl (C=O) groups is 1. The normalized spacial score (nSPS) is 11.9. The van der Waals surface area contributed by atoms with Crippen molar-refractivity contribution in [1.29, 1.82) is 0 Å². The van der Waals surface area contributed by atoms with E-state index in [9.17, 15) is 23.1 Å². The third kappa shape index (κ3) is 3.01. The van der Waals surface area contributed by atoms with Crippen LogP contribution in [0.5, 0.6) is 5.75 Å². The van der Waals surface area contributed by atoms with Crippen molar-refractivity contribution in [2.75, 3.05) is 0 Å². The molecule has 0 radical (unpaired) electrons. The van der Waals surface area contributed by atoms with Crippen LogP contribution in [0.25, 0.3) is 6.08 Å². The van der Waals surface area contributed by atoms with Gasteiger partial charge in [0.25, 0.3) is 0 Å². The van der Waals surface area contributed by atoms with Crippen molar-refractivity contribution >= 4 is 12.0 Å². The smallest absolute Gasteiger partial charge is 0.416 e. The summed E-state index contributed by atoms with van der Waals surface area (Å²) < 4.78 is 36.9. The van der Waals surface area contributed by atoms with Crippen LogP contribution in [0.4, 0.5) is 13.2 Å². The Hall–Kier alpha value is -1.98. The first-order valence-electron chi connectivity index (χ1n) is 4.18. The minimum Gasteiger partial charge on any atom is -0.507 e. The fraction of sp³-hybridized carbons (Fsp3) is 0.100. The van der Waals surface area contributed by atoms with Gasteiger partial charge in [-0.1, -0.05) is 0 Å². The molecule has 0 aliphatic heterocycles. The molecule has 1 amide bonds. The Kier molecular flexibility index (Phi) is 3.22. The van der Waals surface area contributed by atoms with Crippen LogP contribution in [-0.4, -0.2) is 11.0 Å².